The third kappa shape index (κ3) is 3.60. The number of rotatable bonds is 5. The molecule has 2 unspecified atom stereocenters. The molecule has 0 bridgehead atoms. The molecule has 1 aliphatic rings. The summed E-state index contributed by atoms with van der Waals surface area (Å²) < 4.78 is 11.2. The molecule has 1 aliphatic heterocycles. The molecule has 18 heavy (non-hydrogen) atoms. The minimum absolute atomic E-state index is 0.319. The largest absolute Gasteiger partial charge is 0.490 e. The summed E-state index contributed by atoms with van der Waals surface area (Å²) in [5.74, 6) is 1.70. The van der Waals surface area contributed by atoms with E-state index in [0.29, 0.717) is 12.1 Å². The summed E-state index contributed by atoms with van der Waals surface area (Å²) in [6.45, 7) is 5.76. The Balaban J connectivity index is 1.99. The van der Waals surface area contributed by atoms with Crippen LogP contribution in [0, 0.1) is 0 Å². The van der Waals surface area contributed by atoms with E-state index < -0.39 is 0 Å². The van der Waals surface area contributed by atoms with Crippen LogP contribution in [-0.2, 0) is 4.74 Å². The summed E-state index contributed by atoms with van der Waals surface area (Å²) in [4.78, 5) is 4.37. The molecule has 2 atom stereocenters. The van der Waals surface area contributed by atoms with Crippen molar-refractivity contribution in [3.8, 4) is 5.75 Å². The number of hydrogen-bond acceptors (Lipinski definition) is 4. The standard InChI is InChI=1S/C14H22N2O2/c1-3-8-18-13-5-4-7-15-14(13)16-12-6-9-17-11(2)10-12/h4-5,7,11-12H,3,6,8-10H2,1-2H3,(H,15,16). The summed E-state index contributed by atoms with van der Waals surface area (Å²) in [5, 5.41) is 3.47. The van der Waals surface area contributed by atoms with Gasteiger partial charge in [-0.2, -0.15) is 0 Å². The van der Waals surface area contributed by atoms with Crippen molar-refractivity contribution in [2.24, 2.45) is 0 Å². The Morgan fingerprint density at radius 3 is 3.22 bits per heavy atom. The maximum absolute atomic E-state index is 5.70. The molecular formula is C14H22N2O2. The molecule has 0 radical (unpaired) electrons. The normalized spacial score (nSPS) is 23.7. The second-order valence-electron chi connectivity index (χ2n) is 4.75. The van der Waals surface area contributed by atoms with Crippen LogP contribution in [0.1, 0.15) is 33.1 Å². The molecule has 2 heterocycles. The van der Waals surface area contributed by atoms with Crippen LogP contribution in [0.2, 0.25) is 0 Å². The topological polar surface area (TPSA) is 43.4 Å². The lowest BCUT2D eigenvalue weighted by atomic mass is 10.0. The summed E-state index contributed by atoms with van der Waals surface area (Å²) in [5.41, 5.74) is 0. The minimum Gasteiger partial charge on any atom is -0.490 e. The van der Waals surface area contributed by atoms with Gasteiger partial charge in [-0.15, -0.1) is 0 Å². The van der Waals surface area contributed by atoms with Crippen molar-refractivity contribution in [3.63, 3.8) is 0 Å². The molecule has 0 amide bonds. The van der Waals surface area contributed by atoms with Gasteiger partial charge in [-0.1, -0.05) is 6.92 Å². The molecule has 1 aromatic heterocycles. The Morgan fingerprint density at radius 2 is 2.44 bits per heavy atom. The monoisotopic (exact) mass is 250 g/mol. The van der Waals surface area contributed by atoms with E-state index in [4.69, 9.17) is 9.47 Å². The van der Waals surface area contributed by atoms with Crippen LogP contribution in [0.4, 0.5) is 5.82 Å². The summed E-state index contributed by atoms with van der Waals surface area (Å²) >= 11 is 0. The first-order valence-corrected chi connectivity index (χ1v) is 6.75. The van der Waals surface area contributed by atoms with Gasteiger partial charge in [0.05, 0.1) is 12.7 Å². The highest BCUT2D eigenvalue weighted by molar-refractivity contribution is 5.50. The predicted molar refractivity (Wildman–Crippen MR) is 72.1 cm³/mol. The SMILES string of the molecule is CCCOc1cccnc1NC1CCOC(C)C1. The predicted octanol–water partition coefficient (Wildman–Crippen LogP) is 2.85. The molecular weight excluding hydrogens is 228 g/mol. The van der Waals surface area contributed by atoms with Gasteiger partial charge in [0.2, 0.25) is 0 Å². The number of nitrogens with zero attached hydrogens (tertiary/aromatic N) is 1. The Hall–Kier alpha value is -1.29. The van der Waals surface area contributed by atoms with Crippen LogP contribution >= 0.6 is 0 Å². The van der Waals surface area contributed by atoms with Crippen LogP contribution in [-0.4, -0.2) is 30.3 Å². The van der Waals surface area contributed by atoms with Gasteiger partial charge in [0.1, 0.15) is 0 Å². The second-order valence-corrected chi connectivity index (χ2v) is 4.75. The zero-order chi connectivity index (χ0) is 12.8. The molecule has 2 rings (SSSR count). The molecule has 0 saturated carbocycles. The average Bonchev–Trinajstić information content (AvgIpc) is 2.38. The van der Waals surface area contributed by atoms with Gasteiger partial charge in [-0.25, -0.2) is 4.98 Å². The maximum Gasteiger partial charge on any atom is 0.168 e. The fraction of sp³-hybridized carbons (Fsp3) is 0.643. The van der Waals surface area contributed by atoms with Gasteiger partial charge in [0.25, 0.3) is 0 Å². The van der Waals surface area contributed by atoms with E-state index in [0.717, 1.165) is 44.0 Å². The zero-order valence-electron chi connectivity index (χ0n) is 11.2. The first-order valence-electron chi connectivity index (χ1n) is 6.75. The van der Waals surface area contributed by atoms with Crippen LogP contribution in [0.3, 0.4) is 0 Å². The van der Waals surface area contributed by atoms with Gasteiger partial charge in [0.15, 0.2) is 11.6 Å². The summed E-state index contributed by atoms with van der Waals surface area (Å²) in [7, 11) is 0. The minimum atomic E-state index is 0.319. The molecule has 100 valence electrons. The smallest absolute Gasteiger partial charge is 0.168 e. The zero-order valence-corrected chi connectivity index (χ0v) is 11.2. The first-order chi connectivity index (χ1) is 8.79. The lowest BCUT2D eigenvalue weighted by molar-refractivity contribution is 0.0231. The van der Waals surface area contributed by atoms with Crippen LogP contribution in [0.5, 0.6) is 5.75 Å². The number of pyridine rings is 1. The highest BCUT2D eigenvalue weighted by atomic mass is 16.5. The molecule has 1 saturated heterocycles. The second kappa shape index (κ2) is 6.59. The van der Waals surface area contributed by atoms with E-state index in [9.17, 15) is 0 Å². The first kappa shape index (κ1) is 13.1. The lowest BCUT2D eigenvalue weighted by Crippen LogP contribution is -2.32. The molecule has 0 aliphatic carbocycles. The summed E-state index contributed by atoms with van der Waals surface area (Å²) in [6, 6.07) is 4.30. The van der Waals surface area contributed by atoms with Crippen LogP contribution in [0.25, 0.3) is 0 Å². The van der Waals surface area contributed by atoms with Crippen LogP contribution < -0.4 is 10.1 Å². The highest BCUT2D eigenvalue weighted by Gasteiger charge is 2.20. The Kier molecular flexibility index (Phi) is 4.81. The van der Waals surface area contributed by atoms with E-state index in [1.807, 2.05) is 12.1 Å². The van der Waals surface area contributed by atoms with E-state index in [-0.39, 0.29) is 0 Å². The van der Waals surface area contributed by atoms with E-state index in [1.54, 1.807) is 6.20 Å². The van der Waals surface area contributed by atoms with Crippen LogP contribution in [0.15, 0.2) is 18.3 Å². The number of nitrogens with one attached hydrogen (secondary N) is 1. The van der Waals surface area contributed by atoms with Crippen molar-refractivity contribution in [2.45, 2.75) is 45.3 Å². The van der Waals surface area contributed by atoms with Crippen molar-refractivity contribution < 1.29 is 9.47 Å². The number of ether oxygens (including phenoxy) is 2. The molecule has 1 N–H and O–H groups in total. The van der Waals surface area contributed by atoms with Gasteiger partial charge in [0, 0.05) is 18.8 Å². The summed E-state index contributed by atoms with van der Waals surface area (Å²) in [6.07, 6.45) is 5.16. The molecule has 1 fully saturated rings. The van der Waals surface area contributed by atoms with Crippen molar-refractivity contribution in [2.75, 3.05) is 18.5 Å². The van der Waals surface area contributed by atoms with Gasteiger partial charge >= 0.3 is 0 Å². The van der Waals surface area contributed by atoms with Gasteiger partial charge < -0.3 is 14.8 Å². The van der Waals surface area contributed by atoms with Crippen molar-refractivity contribution >= 4 is 5.82 Å². The van der Waals surface area contributed by atoms with Gasteiger partial charge in [-0.3, -0.25) is 0 Å². The third-order valence-electron chi connectivity index (χ3n) is 3.06. The van der Waals surface area contributed by atoms with E-state index in [1.165, 1.54) is 0 Å². The third-order valence-corrected chi connectivity index (χ3v) is 3.06. The highest BCUT2D eigenvalue weighted by Crippen LogP contribution is 2.25. The fourth-order valence-corrected chi connectivity index (χ4v) is 2.15. The number of anilines is 1. The Labute approximate surface area is 109 Å². The molecule has 0 spiro atoms. The van der Waals surface area contributed by atoms with Gasteiger partial charge in [-0.05, 0) is 38.3 Å². The van der Waals surface area contributed by atoms with E-state index in [2.05, 4.69) is 24.1 Å². The molecule has 0 aromatic carbocycles. The molecule has 4 nitrogen and oxygen atoms in total. The van der Waals surface area contributed by atoms with Crippen molar-refractivity contribution in [1.29, 1.82) is 0 Å². The number of aromatic nitrogens is 1. The van der Waals surface area contributed by atoms with Crippen molar-refractivity contribution in [3.05, 3.63) is 18.3 Å². The van der Waals surface area contributed by atoms with E-state index >= 15 is 0 Å². The molecule has 1 aromatic rings. The number of hydrogen-bond donors (Lipinski definition) is 1. The lowest BCUT2D eigenvalue weighted by Gasteiger charge is -2.28. The van der Waals surface area contributed by atoms with Crippen molar-refractivity contribution in [1.82, 2.24) is 4.98 Å². The Bertz CT molecular complexity index is 371. The Morgan fingerprint density at radius 1 is 1.56 bits per heavy atom. The fourth-order valence-electron chi connectivity index (χ4n) is 2.15. The molecule has 4 heteroatoms. The quantitative estimate of drug-likeness (QED) is 0.872. The maximum atomic E-state index is 5.70. The average molecular weight is 250 g/mol.